The number of benzene rings is 2. The average Bonchev–Trinajstić information content (AvgIpc) is 2.68. The summed E-state index contributed by atoms with van der Waals surface area (Å²) in [6, 6.07) is 12.4. The molecule has 138 valence electrons. The Hall–Kier alpha value is -3.48. The predicted octanol–water partition coefficient (Wildman–Crippen LogP) is 1.38. The van der Waals surface area contributed by atoms with E-state index in [1.165, 1.54) is 10.9 Å². The summed E-state index contributed by atoms with van der Waals surface area (Å²) in [4.78, 5) is 40.7. The molecule has 2 aromatic carbocycles. The van der Waals surface area contributed by atoms with Crippen molar-refractivity contribution in [2.45, 2.75) is 20.0 Å². The molecule has 0 saturated heterocycles. The van der Waals surface area contributed by atoms with Gasteiger partial charge >= 0.3 is 0 Å². The number of carbonyl (C=O) groups is 2. The molecule has 27 heavy (non-hydrogen) atoms. The Morgan fingerprint density at radius 3 is 2.70 bits per heavy atom. The van der Waals surface area contributed by atoms with Gasteiger partial charge in [0.2, 0.25) is 5.91 Å². The summed E-state index contributed by atoms with van der Waals surface area (Å²) in [7, 11) is 1.56. The van der Waals surface area contributed by atoms with Crippen LogP contribution in [0.5, 0.6) is 0 Å². The summed E-state index contributed by atoms with van der Waals surface area (Å²) < 4.78 is 1.29. The maximum Gasteiger partial charge on any atom is 0.261 e. The number of amides is 2. The van der Waals surface area contributed by atoms with Crippen LogP contribution in [0.15, 0.2) is 53.6 Å². The predicted molar refractivity (Wildman–Crippen MR) is 102 cm³/mol. The van der Waals surface area contributed by atoms with Crippen LogP contribution in [0.25, 0.3) is 10.9 Å². The summed E-state index contributed by atoms with van der Waals surface area (Å²) in [5, 5.41) is 5.81. The van der Waals surface area contributed by atoms with Crippen LogP contribution in [0, 0.1) is 6.92 Å². The molecular formula is C20H20N4O3. The van der Waals surface area contributed by atoms with E-state index in [1.54, 1.807) is 37.4 Å². The number of hydrogen-bond donors (Lipinski definition) is 2. The van der Waals surface area contributed by atoms with E-state index >= 15 is 0 Å². The van der Waals surface area contributed by atoms with Gasteiger partial charge in [0.1, 0.15) is 6.54 Å². The molecule has 1 aromatic heterocycles. The maximum atomic E-state index is 12.5. The maximum absolute atomic E-state index is 12.5. The third-order valence-corrected chi connectivity index (χ3v) is 4.28. The van der Waals surface area contributed by atoms with Crippen LogP contribution in [0.4, 0.5) is 0 Å². The van der Waals surface area contributed by atoms with Gasteiger partial charge in [0, 0.05) is 19.2 Å². The molecule has 0 bridgehead atoms. The van der Waals surface area contributed by atoms with E-state index < -0.39 is 0 Å². The molecule has 0 fully saturated rings. The van der Waals surface area contributed by atoms with Crippen LogP contribution in [-0.2, 0) is 17.9 Å². The van der Waals surface area contributed by atoms with Gasteiger partial charge in [-0.3, -0.25) is 19.0 Å². The van der Waals surface area contributed by atoms with Crippen molar-refractivity contribution in [1.29, 1.82) is 0 Å². The van der Waals surface area contributed by atoms with Crippen molar-refractivity contribution in [2.75, 3.05) is 7.05 Å². The summed E-state index contributed by atoms with van der Waals surface area (Å²) >= 11 is 0. The molecule has 0 unspecified atom stereocenters. The molecule has 3 aromatic rings. The van der Waals surface area contributed by atoms with E-state index in [-0.39, 0.29) is 30.5 Å². The number of rotatable bonds is 5. The third-order valence-electron chi connectivity index (χ3n) is 4.28. The first-order chi connectivity index (χ1) is 13.0. The molecule has 2 N–H and O–H groups in total. The first-order valence-electron chi connectivity index (χ1n) is 8.52. The first kappa shape index (κ1) is 18.3. The van der Waals surface area contributed by atoms with Gasteiger partial charge in [-0.05, 0) is 36.2 Å². The molecule has 7 heteroatoms. The van der Waals surface area contributed by atoms with Crippen LogP contribution < -0.4 is 16.2 Å². The van der Waals surface area contributed by atoms with Gasteiger partial charge < -0.3 is 10.6 Å². The number of fused-ring (bicyclic) bond motifs is 1. The lowest BCUT2D eigenvalue weighted by Gasteiger charge is -2.09. The van der Waals surface area contributed by atoms with Gasteiger partial charge in [-0.2, -0.15) is 0 Å². The molecule has 0 aliphatic carbocycles. The minimum Gasteiger partial charge on any atom is -0.355 e. The molecule has 1 heterocycles. The van der Waals surface area contributed by atoms with Crippen molar-refractivity contribution in [3.63, 3.8) is 0 Å². The van der Waals surface area contributed by atoms with Gasteiger partial charge in [-0.1, -0.05) is 24.3 Å². The highest BCUT2D eigenvalue weighted by atomic mass is 16.2. The number of carbonyl (C=O) groups excluding carboxylic acids is 2. The van der Waals surface area contributed by atoms with Crippen molar-refractivity contribution in [2.24, 2.45) is 0 Å². The molecule has 7 nitrogen and oxygen atoms in total. The van der Waals surface area contributed by atoms with E-state index in [4.69, 9.17) is 0 Å². The standard InChI is InChI=1S/C20H20N4O3/c1-13-5-3-8-16-18(13)23-12-24(20(16)27)11-17(25)22-10-14-6-4-7-15(9-14)19(26)21-2/h3-9,12H,10-11H2,1-2H3,(H,21,26)(H,22,25). The normalized spacial score (nSPS) is 10.6. The highest BCUT2D eigenvalue weighted by Crippen LogP contribution is 2.11. The fourth-order valence-corrected chi connectivity index (χ4v) is 2.83. The van der Waals surface area contributed by atoms with Crippen LogP contribution >= 0.6 is 0 Å². The van der Waals surface area contributed by atoms with Crippen molar-refractivity contribution in [1.82, 2.24) is 20.2 Å². The third kappa shape index (κ3) is 4.03. The van der Waals surface area contributed by atoms with Crippen molar-refractivity contribution in [3.05, 3.63) is 75.8 Å². The van der Waals surface area contributed by atoms with Gasteiger partial charge in [-0.15, -0.1) is 0 Å². The average molecular weight is 364 g/mol. The largest absolute Gasteiger partial charge is 0.355 e. The SMILES string of the molecule is CNC(=O)c1cccc(CNC(=O)Cn2cnc3c(C)cccc3c2=O)c1. The zero-order chi connectivity index (χ0) is 19.4. The summed E-state index contributed by atoms with van der Waals surface area (Å²) in [5.41, 5.74) is 2.63. The van der Waals surface area contributed by atoms with Crippen molar-refractivity contribution in [3.8, 4) is 0 Å². The lowest BCUT2D eigenvalue weighted by molar-refractivity contribution is -0.121. The lowest BCUT2D eigenvalue weighted by atomic mass is 10.1. The molecule has 0 spiro atoms. The minimum absolute atomic E-state index is 0.120. The molecule has 0 atom stereocenters. The van der Waals surface area contributed by atoms with E-state index in [1.807, 2.05) is 19.1 Å². The van der Waals surface area contributed by atoms with Gasteiger partial charge in [0.25, 0.3) is 11.5 Å². The minimum atomic E-state index is -0.309. The highest BCUT2D eigenvalue weighted by molar-refractivity contribution is 5.94. The second-order valence-corrected chi connectivity index (χ2v) is 6.20. The topological polar surface area (TPSA) is 93.1 Å². The number of hydrogen-bond acceptors (Lipinski definition) is 4. The van der Waals surface area contributed by atoms with E-state index in [0.717, 1.165) is 11.1 Å². The first-order valence-corrected chi connectivity index (χ1v) is 8.52. The lowest BCUT2D eigenvalue weighted by Crippen LogP contribution is -2.32. The number of nitrogens with one attached hydrogen (secondary N) is 2. The van der Waals surface area contributed by atoms with Crippen LogP contribution in [0.3, 0.4) is 0 Å². The Morgan fingerprint density at radius 2 is 1.93 bits per heavy atom. The van der Waals surface area contributed by atoms with Gasteiger partial charge in [-0.25, -0.2) is 4.98 Å². The molecule has 3 rings (SSSR count). The summed E-state index contributed by atoms with van der Waals surface area (Å²) in [6.07, 6.45) is 1.39. The molecular weight excluding hydrogens is 344 g/mol. The number of aryl methyl sites for hydroxylation is 1. The number of aromatic nitrogens is 2. The fraction of sp³-hybridized carbons (Fsp3) is 0.200. The molecule has 2 amide bonds. The van der Waals surface area contributed by atoms with Crippen LogP contribution in [-0.4, -0.2) is 28.4 Å². The summed E-state index contributed by atoms with van der Waals surface area (Å²) in [5.74, 6) is -0.497. The molecule has 0 aliphatic rings. The monoisotopic (exact) mass is 364 g/mol. The molecule has 0 saturated carbocycles. The van der Waals surface area contributed by atoms with Crippen LogP contribution in [0.1, 0.15) is 21.5 Å². The van der Waals surface area contributed by atoms with E-state index in [9.17, 15) is 14.4 Å². The van der Waals surface area contributed by atoms with Crippen LogP contribution in [0.2, 0.25) is 0 Å². The zero-order valence-electron chi connectivity index (χ0n) is 15.2. The second-order valence-electron chi connectivity index (χ2n) is 6.20. The zero-order valence-corrected chi connectivity index (χ0v) is 15.2. The van der Waals surface area contributed by atoms with Crippen molar-refractivity contribution < 1.29 is 9.59 Å². The number of nitrogens with zero attached hydrogens (tertiary/aromatic N) is 2. The fourth-order valence-electron chi connectivity index (χ4n) is 2.83. The Morgan fingerprint density at radius 1 is 1.15 bits per heavy atom. The van der Waals surface area contributed by atoms with E-state index in [0.29, 0.717) is 16.5 Å². The quantitative estimate of drug-likeness (QED) is 0.715. The highest BCUT2D eigenvalue weighted by Gasteiger charge is 2.10. The Bertz CT molecular complexity index is 1070. The van der Waals surface area contributed by atoms with Crippen molar-refractivity contribution >= 4 is 22.7 Å². The smallest absolute Gasteiger partial charge is 0.261 e. The molecule has 0 aliphatic heterocycles. The van der Waals surface area contributed by atoms with E-state index in [2.05, 4.69) is 15.6 Å². The molecule has 0 radical (unpaired) electrons. The van der Waals surface area contributed by atoms with Gasteiger partial charge in [0.05, 0.1) is 17.2 Å². The Balaban J connectivity index is 1.70. The second kappa shape index (κ2) is 7.82. The Labute approximate surface area is 156 Å². The Kier molecular flexibility index (Phi) is 5.30. The summed E-state index contributed by atoms with van der Waals surface area (Å²) in [6.45, 7) is 2.03. The number of para-hydroxylation sites is 1. The van der Waals surface area contributed by atoms with Gasteiger partial charge in [0.15, 0.2) is 0 Å².